The maximum Gasteiger partial charge on any atom is 0.261 e. The van der Waals surface area contributed by atoms with Crippen molar-refractivity contribution in [3.8, 4) is 5.75 Å². The van der Waals surface area contributed by atoms with E-state index in [0.717, 1.165) is 5.56 Å². The summed E-state index contributed by atoms with van der Waals surface area (Å²) in [6.45, 7) is 1.78. The van der Waals surface area contributed by atoms with Crippen molar-refractivity contribution in [1.29, 1.82) is 0 Å². The van der Waals surface area contributed by atoms with Crippen LogP contribution in [0.3, 0.4) is 0 Å². The molecule has 0 radical (unpaired) electrons. The fourth-order valence-electron chi connectivity index (χ4n) is 2.13. The van der Waals surface area contributed by atoms with Crippen molar-refractivity contribution in [2.45, 2.75) is 17.9 Å². The quantitative estimate of drug-likeness (QED) is 0.792. The summed E-state index contributed by atoms with van der Waals surface area (Å²) in [5, 5.41) is 3.23. The minimum Gasteiger partial charge on any atom is -0.496 e. The van der Waals surface area contributed by atoms with Gasteiger partial charge >= 0.3 is 0 Å². The molecule has 0 saturated heterocycles. The fraction of sp³-hybridized carbons (Fsp3) is 0.188. The van der Waals surface area contributed by atoms with Crippen LogP contribution in [0.15, 0.2) is 47.4 Å². The minimum atomic E-state index is -3.77. The van der Waals surface area contributed by atoms with Crippen LogP contribution in [0.25, 0.3) is 0 Å². The van der Waals surface area contributed by atoms with Crippen molar-refractivity contribution in [1.82, 2.24) is 5.32 Å². The van der Waals surface area contributed by atoms with Crippen molar-refractivity contribution < 1.29 is 17.9 Å². The first-order chi connectivity index (χ1) is 11.2. The number of carbonyl (C=O) groups excluding carboxylic acids is 1. The lowest BCUT2D eigenvalue weighted by Crippen LogP contribution is -2.27. The second kappa shape index (κ2) is 7.42. The molecule has 0 spiro atoms. The first-order valence-corrected chi connectivity index (χ1v) is 9.60. The van der Waals surface area contributed by atoms with Gasteiger partial charge < -0.3 is 10.1 Å². The molecule has 1 atom stereocenters. The molecule has 1 amide bonds. The first kappa shape index (κ1) is 18.6. The molecule has 0 bridgehead atoms. The van der Waals surface area contributed by atoms with E-state index in [1.165, 1.54) is 25.3 Å². The van der Waals surface area contributed by atoms with E-state index >= 15 is 0 Å². The number of amides is 1. The third-order valence-corrected chi connectivity index (χ3v) is 5.02. The van der Waals surface area contributed by atoms with Crippen LogP contribution in [0.5, 0.6) is 5.75 Å². The molecule has 0 aliphatic heterocycles. The molecule has 1 unspecified atom stereocenters. The second-order valence-electron chi connectivity index (χ2n) is 5.05. The molecule has 2 rings (SSSR count). The number of nitrogens with one attached hydrogen (secondary N) is 1. The molecule has 0 aromatic heterocycles. The van der Waals surface area contributed by atoms with Gasteiger partial charge in [0.2, 0.25) is 0 Å². The van der Waals surface area contributed by atoms with E-state index < -0.39 is 9.05 Å². The van der Waals surface area contributed by atoms with E-state index in [4.69, 9.17) is 27.0 Å². The third kappa shape index (κ3) is 4.41. The summed E-state index contributed by atoms with van der Waals surface area (Å²) >= 11 is 5.93. The molecule has 24 heavy (non-hydrogen) atoms. The Morgan fingerprint density at radius 3 is 2.33 bits per heavy atom. The van der Waals surface area contributed by atoms with E-state index in [0.29, 0.717) is 16.3 Å². The number of ether oxygens (including phenoxy) is 1. The number of hydrogen-bond acceptors (Lipinski definition) is 4. The van der Waals surface area contributed by atoms with Gasteiger partial charge in [0.1, 0.15) is 5.75 Å². The van der Waals surface area contributed by atoms with Crippen molar-refractivity contribution in [2.24, 2.45) is 0 Å². The molecule has 2 aromatic rings. The summed E-state index contributed by atoms with van der Waals surface area (Å²) in [7, 11) is 2.97. The molecule has 1 N–H and O–H groups in total. The summed E-state index contributed by atoms with van der Waals surface area (Å²) in [6, 6.07) is 10.4. The molecule has 0 aliphatic carbocycles. The van der Waals surface area contributed by atoms with E-state index in [1.807, 2.05) is 0 Å². The average Bonchev–Trinajstić information content (AvgIpc) is 2.54. The minimum absolute atomic E-state index is 0.00273. The normalized spacial score (nSPS) is 12.5. The van der Waals surface area contributed by atoms with Gasteiger partial charge in [-0.2, -0.15) is 0 Å². The summed E-state index contributed by atoms with van der Waals surface area (Å²) < 4.78 is 27.7. The van der Waals surface area contributed by atoms with Gasteiger partial charge in [0.05, 0.1) is 23.6 Å². The Bertz CT molecular complexity index is 851. The van der Waals surface area contributed by atoms with Crippen LogP contribution in [0.2, 0.25) is 5.02 Å². The highest BCUT2D eigenvalue weighted by Crippen LogP contribution is 2.24. The Labute approximate surface area is 150 Å². The smallest absolute Gasteiger partial charge is 0.261 e. The van der Waals surface area contributed by atoms with Gasteiger partial charge in [-0.1, -0.05) is 23.7 Å². The predicted octanol–water partition coefficient (Wildman–Crippen LogP) is 3.77. The molecule has 0 saturated carbocycles. The zero-order valence-corrected chi connectivity index (χ0v) is 15.2. The van der Waals surface area contributed by atoms with E-state index in [-0.39, 0.29) is 16.8 Å². The van der Waals surface area contributed by atoms with E-state index in [1.54, 1.807) is 31.2 Å². The van der Waals surface area contributed by atoms with Crippen molar-refractivity contribution in [2.75, 3.05) is 7.11 Å². The molecule has 2 aromatic carbocycles. The lowest BCUT2D eigenvalue weighted by atomic mass is 10.1. The number of methoxy groups -OCH3 is 1. The Kier molecular flexibility index (Phi) is 5.74. The Morgan fingerprint density at radius 2 is 1.79 bits per heavy atom. The van der Waals surface area contributed by atoms with Crippen molar-refractivity contribution >= 4 is 37.2 Å². The molecular formula is C16H15Cl2NO4S. The maximum atomic E-state index is 12.4. The SMILES string of the molecule is COc1ccc(Cl)cc1C(=O)NC(C)c1ccc(S(=O)(=O)Cl)cc1. The Balaban J connectivity index is 2.19. The fourth-order valence-corrected chi connectivity index (χ4v) is 3.08. The molecule has 0 heterocycles. The Hall–Kier alpha value is -1.76. The molecule has 5 nitrogen and oxygen atoms in total. The summed E-state index contributed by atoms with van der Waals surface area (Å²) in [6.07, 6.45) is 0. The number of rotatable bonds is 5. The van der Waals surface area contributed by atoms with Gasteiger partial charge in [-0.15, -0.1) is 0 Å². The first-order valence-electron chi connectivity index (χ1n) is 6.91. The summed E-state index contributed by atoms with van der Waals surface area (Å²) in [5.74, 6) is 0.0589. The molecule has 0 aliphatic rings. The zero-order chi connectivity index (χ0) is 17.9. The summed E-state index contributed by atoms with van der Waals surface area (Å²) in [4.78, 5) is 12.4. The van der Waals surface area contributed by atoms with Crippen LogP contribution in [0.4, 0.5) is 0 Å². The van der Waals surface area contributed by atoms with Crippen LogP contribution in [-0.2, 0) is 9.05 Å². The molecule has 128 valence electrons. The van der Waals surface area contributed by atoms with Gasteiger partial charge in [0, 0.05) is 15.7 Å². The van der Waals surface area contributed by atoms with Crippen LogP contribution in [0.1, 0.15) is 28.9 Å². The zero-order valence-electron chi connectivity index (χ0n) is 12.9. The van der Waals surface area contributed by atoms with Crippen LogP contribution in [0, 0.1) is 0 Å². The molecule has 0 fully saturated rings. The largest absolute Gasteiger partial charge is 0.496 e. The topological polar surface area (TPSA) is 72.5 Å². The number of benzene rings is 2. The van der Waals surface area contributed by atoms with E-state index in [2.05, 4.69) is 5.32 Å². The van der Waals surface area contributed by atoms with Gasteiger partial charge in [0.15, 0.2) is 0 Å². The highest BCUT2D eigenvalue weighted by Gasteiger charge is 2.17. The predicted molar refractivity (Wildman–Crippen MR) is 93.4 cm³/mol. The number of carbonyl (C=O) groups is 1. The second-order valence-corrected chi connectivity index (χ2v) is 8.05. The average molecular weight is 388 g/mol. The monoisotopic (exact) mass is 387 g/mol. The summed E-state index contributed by atoms with van der Waals surface area (Å²) in [5.41, 5.74) is 1.05. The van der Waals surface area contributed by atoms with Gasteiger partial charge in [-0.05, 0) is 42.8 Å². The highest BCUT2D eigenvalue weighted by molar-refractivity contribution is 8.13. The third-order valence-electron chi connectivity index (χ3n) is 3.42. The van der Waals surface area contributed by atoms with Crippen LogP contribution >= 0.6 is 22.3 Å². The standard InChI is InChI=1S/C16H15Cl2NO4S/c1-10(11-3-6-13(7-4-11)24(18,21)22)19-16(20)14-9-12(17)5-8-15(14)23-2/h3-10H,1-2H3,(H,19,20). The number of halogens is 2. The molecule has 8 heteroatoms. The van der Waals surface area contributed by atoms with Crippen molar-refractivity contribution in [3.63, 3.8) is 0 Å². The Morgan fingerprint density at radius 1 is 1.17 bits per heavy atom. The molecular weight excluding hydrogens is 373 g/mol. The maximum absolute atomic E-state index is 12.4. The van der Waals surface area contributed by atoms with Crippen LogP contribution < -0.4 is 10.1 Å². The van der Waals surface area contributed by atoms with Gasteiger partial charge in [0.25, 0.3) is 15.0 Å². The van der Waals surface area contributed by atoms with Crippen LogP contribution in [-0.4, -0.2) is 21.4 Å². The number of hydrogen-bond donors (Lipinski definition) is 1. The lowest BCUT2D eigenvalue weighted by Gasteiger charge is -2.16. The lowest BCUT2D eigenvalue weighted by molar-refractivity contribution is 0.0937. The van der Waals surface area contributed by atoms with Crippen molar-refractivity contribution in [3.05, 3.63) is 58.6 Å². The highest BCUT2D eigenvalue weighted by atomic mass is 35.7. The van der Waals surface area contributed by atoms with E-state index in [9.17, 15) is 13.2 Å². The van der Waals surface area contributed by atoms with Gasteiger partial charge in [-0.3, -0.25) is 4.79 Å². The van der Waals surface area contributed by atoms with Gasteiger partial charge in [-0.25, -0.2) is 8.42 Å².